The first kappa shape index (κ1) is 20.3. The van der Waals surface area contributed by atoms with Crippen molar-refractivity contribution in [3.8, 4) is 11.3 Å². The Bertz CT molecular complexity index is 1170. The lowest BCUT2D eigenvalue weighted by Gasteiger charge is -2.50. The largest absolute Gasteiger partial charge is 0.337 e. The number of hydrogen-bond acceptors (Lipinski definition) is 6. The Morgan fingerprint density at radius 1 is 0.969 bits per heavy atom. The van der Waals surface area contributed by atoms with Gasteiger partial charge in [-0.25, -0.2) is 9.97 Å². The van der Waals surface area contributed by atoms with Crippen LogP contribution in [0.4, 0.5) is 0 Å². The first-order chi connectivity index (χ1) is 15.4. The number of amides is 2. The Balaban J connectivity index is 1.45. The van der Waals surface area contributed by atoms with Crippen molar-refractivity contribution in [1.29, 1.82) is 0 Å². The van der Waals surface area contributed by atoms with E-state index in [4.69, 9.17) is 4.98 Å². The minimum Gasteiger partial charge on any atom is -0.337 e. The third kappa shape index (κ3) is 3.17. The summed E-state index contributed by atoms with van der Waals surface area (Å²) in [5.74, 6) is 0.795. The molecular formula is C22H26N8O2. The van der Waals surface area contributed by atoms with Gasteiger partial charge in [0.15, 0.2) is 0 Å². The molecule has 10 nitrogen and oxygen atoms in total. The van der Waals surface area contributed by atoms with Crippen molar-refractivity contribution >= 4 is 11.8 Å². The molecule has 1 spiro atoms. The number of piperidine rings is 1. The van der Waals surface area contributed by atoms with Crippen LogP contribution in [-0.4, -0.2) is 70.5 Å². The second-order valence-electron chi connectivity index (χ2n) is 8.56. The SMILES string of the molecule is CC(=O)N1CCn2c(-c3cnn(C)c3)cnc2C12CCN(C(=O)c1cnc(C)cn1)CC2. The highest BCUT2D eigenvalue weighted by molar-refractivity contribution is 5.92. The van der Waals surface area contributed by atoms with E-state index in [0.717, 1.165) is 22.8 Å². The summed E-state index contributed by atoms with van der Waals surface area (Å²) < 4.78 is 3.98. The highest BCUT2D eigenvalue weighted by Crippen LogP contribution is 2.42. The fourth-order valence-electron chi connectivity index (χ4n) is 4.99. The van der Waals surface area contributed by atoms with Crippen LogP contribution >= 0.6 is 0 Å². The molecule has 2 aliphatic rings. The maximum absolute atomic E-state index is 12.9. The summed E-state index contributed by atoms with van der Waals surface area (Å²) in [6.07, 6.45) is 10.1. The quantitative estimate of drug-likeness (QED) is 0.604. The van der Waals surface area contributed by atoms with Gasteiger partial charge < -0.3 is 14.4 Å². The number of likely N-dealkylation sites (tertiary alicyclic amines) is 1. The van der Waals surface area contributed by atoms with Gasteiger partial charge in [0.2, 0.25) is 5.91 Å². The molecule has 0 aliphatic carbocycles. The highest BCUT2D eigenvalue weighted by Gasteiger charge is 2.49. The predicted octanol–water partition coefficient (Wildman–Crippen LogP) is 1.38. The van der Waals surface area contributed by atoms with Crippen LogP contribution in [0.1, 0.15) is 41.8 Å². The predicted molar refractivity (Wildman–Crippen MR) is 115 cm³/mol. The van der Waals surface area contributed by atoms with E-state index >= 15 is 0 Å². The van der Waals surface area contributed by atoms with Crippen LogP contribution < -0.4 is 0 Å². The van der Waals surface area contributed by atoms with Crippen LogP contribution in [-0.2, 0) is 23.9 Å². The molecule has 5 heterocycles. The summed E-state index contributed by atoms with van der Waals surface area (Å²) >= 11 is 0. The van der Waals surface area contributed by atoms with Gasteiger partial charge in [-0.3, -0.25) is 19.3 Å². The number of aromatic nitrogens is 6. The molecule has 10 heteroatoms. The number of imidazole rings is 1. The zero-order valence-electron chi connectivity index (χ0n) is 18.5. The van der Waals surface area contributed by atoms with Crippen molar-refractivity contribution in [2.24, 2.45) is 7.05 Å². The smallest absolute Gasteiger partial charge is 0.274 e. The molecule has 0 bridgehead atoms. The van der Waals surface area contributed by atoms with E-state index < -0.39 is 5.54 Å². The van der Waals surface area contributed by atoms with Crippen LogP contribution in [0.5, 0.6) is 0 Å². The molecule has 0 radical (unpaired) electrons. The molecular weight excluding hydrogens is 408 g/mol. The van der Waals surface area contributed by atoms with E-state index in [1.807, 2.05) is 37.5 Å². The van der Waals surface area contributed by atoms with Crippen molar-refractivity contribution in [3.63, 3.8) is 0 Å². The van der Waals surface area contributed by atoms with Crippen molar-refractivity contribution in [2.75, 3.05) is 19.6 Å². The molecule has 0 N–H and O–H groups in total. The van der Waals surface area contributed by atoms with Crippen molar-refractivity contribution in [1.82, 2.24) is 39.1 Å². The zero-order valence-corrected chi connectivity index (χ0v) is 18.5. The Morgan fingerprint density at radius 2 is 1.75 bits per heavy atom. The molecule has 1 fully saturated rings. The summed E-state index contributed by atoms with van der Waals surface area (Å²) in [5, 5.41) is 4.29. The number of carbonyl (C=O) groups excluding carboxylic acids is 2. The molecule has 5 rings (SSSR count). The molecule has 3 aromatic rings. The number of rotatable bonds is 2. The van der Waals surface area contributed by atoms with E-state index in [0.29, 0.717) is 44.7 Å². The van der Waals surface area contributed by atoms with E-state index in [2.05, 4.69) is 19.6 Å². The van der Waals surface area contributed by atoms with E-state index in [1.165, 1.54) is 6.20 Å². The average molecular weight is 435 g/mol. The summed E-state index contributed by atoms with van der Waals surface area (Å²) in [6.45, 7) is 5.79. The maximum atomic E-state index is 12.9. The van der Waals surface area contributed by atoms with Gasteiger partial charge in [0, 0.05) is 58.1 Å². The Labute approximate surface area is 185 Å². The molecule has 3 aromatic heterocycles. The van der Waals surface area contributed by atoms with Crippen LogP contribution in [0.15, 0.2) is 31.0 Å². The van der Waals surface area contributed by atoms with Gasteiger partial charge in [0.1, 0.15) is 17.1 Å². The number of aryl methyl sites for hydroxylation is 2. The van der Waals surface area contributed by atoms with Crippen molar-refractivity contribution in [3.05, 3.63) is 48.2 Å². The molecule has 0 atom stereocenters. The summed E-state index contributed by atoms with van der Waals surface area (Å²) in [5.41, 5.74) is 2.60. The van der Waals surface area contributed by atoms with Gasteiger partial charge in [0.05, 0.1) is 30.0 Å². The van der Waals surface area contributed by atoms with Crippen LogP contribution in [0, 0.1) is 6.92 Å². The summed E-state index contributed by atoms with van der Waals surface area (Å²) in [6, 6.07) is 0. The Kier molecular flexibility index (Phi) is 4.79. The van der Waals surface area contributed by atoms with Crippen LogP contribution in [0.2, 0.25) is 0 Å². The minimum atomic E-state index is -0.528. The number of fused-ring (bicyclic) bond motifs is 2. The van der Waals surface area contributed by atoms with E-state index in [9.17, 15) is 9.59 Å². The van der Waals surface area contributed by atoms with Gasteiger partial charge in [-0.05, 0) is 19.8 Å². The number of carbonyl (C=O) groups is 2. The lowest BCUT2D eigenvalue weighted by Crippen LogP contribution is -2.59. The zero-order chi connectivity index (χ0) is 22.5. The second-order valence-corrected chi connectivity index (χ2v) is 8.56. The summed E-state index contributed by atoms with van der Waals surface area (Å²) in [4.78, 5) is 42.5. The lowest BCUT2D eigenvalue weighted by atomic mass is 9.83. The molecule has 0 saturated carbocycles. The fourth-order valence-corrected chi connectivity index (χ4v) is 4.99. The molecule has 166 valence electrons. The van der Waals surface area contributed by atoms with Crippen molar-refractivity contribution in [2.45, 2.75) is 38.8 Å². The molecule has 0 aromatic carbocycles. The molecule has 2 amide bonds. The molecule has 2 aliphatic heterocycles. The van der Waals surface area contributed by atoms with Crippen LogP contribution in [0.25, 0.3) is 11.3 Å². The number of hydrogen-bond donors (Lipinski definition) is 0. The molecule has 0 unspecified atom stereocenters. The van der Waals surface area contributed by atoms with E-state index in [1.54, 1.807) is 22.7 Å². The first-order valence-corrected chi connectivity index (χ1v) is 10.8. The molecule has 1 saturated heterocycles. The summed E-state index contributed by atoms with van der Waals surface area (Å²) in [7, 11) is 1.89. The van der Waals surface area contributed by atoms with Gasteiger partial charge in [-0.2, -0.15) is 5.10 Å². The Morgan fingerprint density at radius 3 is 2.38 bits per heavy atom. The fraction of sp³-hybridized carbons (Fsp3) is 0.455. The van der Waals surface area contributed by atoms with Gasteiger partial charge in [-0.15, -0.1) is 0 Å². The van der Waals surface area contributed by atoms with Crippen molar-refractivity contribution < 1.29 is 9.59 Å². The third-order valence-corrected chi connectivity index (χ3v) is 6.59. The Hall–Kier alpha value is -3.56. The third-order valence-electron chi connectivity index (χ3n) is 6.59. The first-order valence-electron chi connectivity index (χ1n) is 10.8. The normalized spacial score (nSPS) is 17.5. The average Bonchev–Trinajstić information content (AvgIpc) is 3.41. The topological polar surface area (TPSA) is 102 Å². The monoisotopic (exact) mass is 434 g/mol. The minimum absolute atomic E-state index is 0.0337. The van der Waals surface area contributed by atoms with Crippen LogP contribution in [0.3, 0.4) is 0 Å². The number of nitrogens with zero attached hydrogens (tertiary/aromatic N) is 8. The highest BCUT2D eigenvalue weighted by atomic mass is 16.2. The van der Waals surface area contributed by atoms with E-state index in [-0.39, 0.29) is 11.8 Å². The standard InChI is InChI=1S/C22H26N8O2/c1-15-10-24-18(12-23-15)20(32)28-6-4-22(5-7-28)21-25-13-19(17-11-26-27(3)14-17)29(21)8-9-30(22)16(2)31/h10-14H,4-9H2,1-3H3. The van der Waals surface area contributed by atoms with Gasteiger partial charge in [0.25, 0.3) is 5.91 Å². The second kappa shape index (κ2) is 7.54. The van der Waals surface area contributed by atoms with Gasteiger partial charge in [-0.1, -0.05) is 0 Å². The molecule has 32 heavy (non-hydrogen) atoms. The maximum Gasteiger partial charge on any atom is 0.274 e. The lowest BCUT2D eigenvalue weighted by molar-refractivity contribution is -0.140. The van der Waals surface area contributed by atoms with Gasteiger partial charge >= 0.3 is 0 Å².